The van der Waals surface area contributed by atoms with E-state index in [9.17, 15) is 76.7 Å². The molecule has 0 aromatic carbocycles. The number of halogens is 1. The number of unbranched alkanes of at least 4 members (excludes halogenated alkanes) is 8. The SMILES string of the molecule is C.CCCN(CCC)C(=O)OCCOCCOC(=O)N(CCC)CCC.CCCN(CCC)C(=O)OCCOCCOC(=O)N(CCC)CCC.F.O=C(O)CCC(=O)NCCCCCC(=O)NCCN(CCNC(=O)CCCCCNC(=O)CCC(=O)O)C(=O)OCCOCCOC(=O)N(CCNC(=O)CCCCCNC(=O)CCOOO)CCNC(=O)CCCCCNC(=O)CCOOO.[HH]. The molecule has 0 aromatic rings. The zero-order valence-electron chi connectivity index (χ0n) is 82.0. The number of amides is 14. The summed E-state index contributed by atoms with van der Waals surface area (Å²) in [7, 11) is 0. The molecule has 0 atom stereocenters. The Hall–Kier alpha value is -10.1. The third-order valence-electron chi connectivity index (χ3n) is 18.7. The summed E-state index contributed by atoms with van der Waals surface area (Å²) in [5.41, 5.74) is 0. The van der Waals surface area contributed by atoms with Gasteiger partial charge in [0, 0.05) is 171 Å². The molecule has 0 aliphatic carbocycles. The molecule has 0 spiro atoms. The van der Waals surface area contributed by atoms with E-state index in [4.69, 9.17) is 63.4 Å². The van der Waals surface area contributed by atoms with Gasteiger partial charge in [0.2, 0.25) is 47.3 Å². The predicted molar refractivity (Wildman–Crippen MR) is 504 cm³/mol. The molecule has 0 radical (unpaired) electrons. The van der Waals surface area contributed by atoms with Crippen LogP contribution in [0, 0.1) is 0 Å². The molecule has 0 aromatic heterocycles. The number of hydrogen-bond donors (Lipinski definition) is 12. The number of ether oxygens (including phenoxy) is 9. The van der Waals surface area contributed by atoms with E-state index in [1.54, 1.807) is 19.6 Å². The van der Waals surface area contributed by atoms with Crippen molar-refractivity contribution in [2.24, 2.45) is 0 Å². The van der Waals surface area contributed by atoms with E-state index in [0.717, 1.165) is 51.4 Å². The summed E-state index contributed by atoms with van der Waals surface area (Å²) < 4.78 is 47.8. The van der Waals surface area contributed by atoms with Crippen LogP contribution in [0.4, 0.5) is 33.5 Å². The molecule has 48 heteroatoms. The van der Waals surface area contributed by atoms with Crippen LogP contribution >= 0.6 is 0 Å². The number of rotatable bonds is 84. The van der Waals surface area contributed by atoms with E-state index in [2.05, 4.69) is 62.4 Å². The van der Waals surface area contributed by atoms with Crippen LogP contribution in [0.1, 0.15) is 257 Å². The number of carboxylic acid groups (broad SMARTS) is 2. The Morgan fingerprint density at radius 2 is 0.394 bits per heavy atom. The number of carboxylic acids is 2. The quantitative estimate of drug-likeness (QED) is 0.0117. The molecule has 0 bridgehead atoms. The van der Waals surface area contributed by atoms with E-state index in [0.29, 0.717) is 182 Å². The Morgan fingerprint density at radius 3 is 0.577 bits per heavy atom. The van der Waals surface area contributed by atoms with Crippen LogP contribution in [0.25, 0.3) is 0 Å². The zero-order chi connectivity index (χ0) is 101. The first-order chi connectivity index (χ1) is 65.2. The topological polar surface area (TPSA) is 590 Å². The van der Waals surface area contributed by atoms with Gasteiger partial charge in [-0.15, -0.1) is 0 Å². The fraction of sp³-hybridized carbons (Fsp3) is 0.820. The highest BCUT2D eigenvalue weighted by Gasteiger charge is 2.22. The molecule has 0 aliphatic heterocycles. The molecular formula is C89H171FN14O33. The molecule has 0 saturated heterocycles. The van der Waals surface area contributed by atoms with Crippen molar-refractivity contribution in [2.75, 3.05) is 223 Å². The first kappa shape index (κ1) is 135. The van der Waals surface area contributed by atoms with Crippen molar-refractivity contribution >= 4 is 95.8 Å². The van der Waals surface area contributed by atoms with Gasteiger partial charge in [-0.3, -0.25) is 52.6 Å². The second kappa shape index (κ2) is 98.9. The largest absolute Gasteiger partial charge is 0.481 e. The smallest absolute Gasteiger partial charge is 0.409 e. The van der Waals surface area contributed by atoms with Crippen LogP contribution in [0.2, 0.25) is 0 Å². The van der Waals surface area contributed by atoms with E-state index < -0.39 is 24.1 Å². The number of carbonyl (C=O) groups excluding carboxylic acids is 14. The molecule has 0 rings (SSSR count). The lowest BCUT2D eigenvalue weighted by Gasteiger charge is -2.23. The summed E-state index contributed by atoms with van der Waals surface area (Å²) in [5, 5.41) is 62.3. The van der Waals surface area contributed by atoms with Gasteiger partial charge in [-0.25, -0.2) is 49.1 Å². The molecule has 47 nitrogen and oxygen atoms in total. The van der Waals surface area contributed by atoms with E-state index >= 15 is 0 Å². The standard InChI is InChI=1S/C52H92N10O23.2C18H36N2O5.CH4.FH.H2/c63-41(13-5-1-9-23-53-45(67)17-19-49(71)72)57-27-31-61(32-28-58-42(64)14-6-2-10-24-54-46(68)18-20-50(73)74)51(75)80-39-37-79-38-40-81-52(76)62(33-29-59-43(65)15-7-3-11-25-55-47(69)21-35-82-84-77)34-30-60-44(66)16-8-4-12-26-56-48(70)22-36-83-85-78;2*1-5-9-19(10-6-2)17(21)24-15-13-23-14-16-25-18(22)20(11-7-3)12-8-4;;;/h77-78H,1-40H2,(H,53,67)(H,54,68)(H,55,69)(H,56,70)(H,57,63)(H,58,64)(H,59,65)(H,60,66)(H,71,72)(H,73,74);2*5-16H2,1-4H3;1H4;2*1H. The lowest BCUT2D eigenvalue weighted by molar-refractivity contribution is -0.490. The van der Waals surface area contributed by atoms with Gasteiger partial charge in [0.05, 0.1) is 78.5 Å². The van der Waals surface area contributed by atoms with Crippen molar-refractivity contribution in [3.05, 3.63) is 0 Å². The molecular weight excluding hydrogens is 1810 g/mol. The molecule has 0 aliphatic rings. The summed E-state index contributed by atoms with van der Waals surface area (Å²) in [5.74, 6) is -4.52. The summed E-state index contributed by atoms with van der Waals surface area (Å²) in [6, 6.07) is 0. The Bertz CT molecular complexity index is 2890. The molecule has 137 heavy (non-hydrogen) atoms. The van der Waals surface area contributed by atoms with Crippen LogP contribution in [0.5, 0.6) is 0 Å². The molecule has 802 valence electrons. The number of hydrogen-bond acceptors (Lipinski definition) is 31. The first-order valence-corrected chi connectivity index (χ1v) is 47.8. The highest BCUT2D eigenvalue weighted by atomic mass is 19.0. The number of nitrogens with zero attached hydrogens (tertiary/aromatic N) is 6. The third-order valence-corrected chi connectivity index (χ3v) is 18.7. The minimum Gasteiger partial charge on any atom is -0.481 e. The molecule has 0 saturated carbocycles. The molecule has 0 fully saturated rings. The maximum absolute atomic E-state index is 13.2. The maximum atomic E-state index is 13.2. The molecule has 12 N–H and O–H groups in total. The van der Waals surface area contributed by atoms with Crippen molar-refractivity contribution in [2.45, 2.75) is 255 Å². The average Bonchev–Trinajstić information content (AvgIpc) is 0.938. The van der Waals surface area contributed by atoms with Crippen LogP contribution in [0.3, 0.4) is 0 Å². The lowest BCUT2D eigenvalue weighted by Crippen LogP contribution is -2.43. The Morgan fingerprint density at radius 1 is 0.219 bits per heavy atom. The van der Waals surface area contributed by atoms with Gasteiger partial charge in [-0.1, -0.05) is 98.6 Å². The van der Waals surface area contributed by atoms with Gasteiger partial charge in [-0.05, 0) is 103 Å². The van der Waals surface area contributed by atoms with E-state index in [-0.39, 0.29) is 268 Å². The maximum Gasteiger partial charge on any atom is 0.409 e. The zero-order valence-corrected chi connectivity index (χ0v) is 82.0. The Labute approximate surface area is 809 Å². The van der Waals surface area contributed by atoms with E-state index in [1.807, 2.05) is 55.4 Å². The third kappa shape index (κ3) is 88.3. The molecule has 0 heterocycles. The van der Waals surface area contributed by atoms with Crippen molar-refractivity contribution < 1.29 is 166 Å². The Balaban J connectivity index is -0.000000663. The van der Waals surface area contributed by atoms with Gasteiger partial charge in [0.25, 0.3) is 0 Å². The van der Waals surface area contributed by atoms with Gasteiger partial charge < -0.3 is 125 Å². The van der Waals surface area contributed by atoms with Crippen LogP contribution in [0.15, 0.2) is 0 Å². The van der Waals surface area contributed by atoms with Gasteiger partial charge in [0.1, 0.15) is 39.6 Å². The van der Waals surface area contributed by atoms with Crippen LogP contribution in [-0.4, -0.2) is 369 Å². The number of aliphatic carboxylic acids is 2. The summed E-state index contributed by atoms with van der Waals surface area (Å²) >= 11 is 0. The van der Waals surface area contributed by atoms with Gasteiger partial charge >= 0.3 is 48.5 Å². The van der Waals surface area contributed by atoms with Crippen molar-refractivity contribution in [1.29, 1.82) is 0 Å². The second-order valence-corrected chi connectivity index (χ2v) is 30.6. The highest BCUT2D eigenvalue weighted by Crippen LogP contribution is 2.09. The van der Waals surface area contributed by atoms with Crippen molar-refractivity contribution in [3.8, 4) is 0 Å². The fourth-order valence-electron chi connectivity index (χ4n) is 12.0. The fourth-order valence-corrected chi connectivity index (χ4v) is 12.0. The first-order valence-electron chi connectivity index (χ1n) is 47.8. The molecule has 0 unspecified atom stereocenters. The average molecular weight is 1980 g/mol. The highest BCUT2D eigenvalue weighted by molar-refractivity contribution is 5.82. The molecule has 14 amide bonds. The normalized spacial score (nSPS) is 10.4. The van der Waals surface area contributed by atoms with E-state index in [1.165, 1.54) is 9.80 Å². The van der Waals surface area contributed by atoms with Crippen LogP contribution < -0.4 is 42.5 Å². The number of carbonyl (C=O) groups is 16. The number of nitrogens with one attached hydrogen (secondary N) is 8. The van der Waals surface area contributed by atoms with Gasteiger partial charge in [0.15, 0.2) is 0 Å². The summed E-state index contributed by atoms with van der Waals surface area (Å²) in [4.78, 5) is 210. The predicted octanol–water partition coefficient (Wildman–Crippen LogP) is 8.48. The van der Waals surface area contributed by atoms with Crippen molar-refractivity contribution in [3.63, 3.8) is 0 Å². The van der Waals surface area contributed by atoms with Crippen LogP contribution in [-0.2, 0) is 110 Å². The minimum absolute atomic E-state index is 0. The lowest BCUT2D eigenvalue weighted by atomic mass is 10.2. The Kier molecular flexibility index (Phi) is 97.7. The van der Waals surface area contributed by atoms with Crippen molar-refractivity contribution in [1.82, 2.24) is 71.9 Å². The summed E-state index contributed by atoms with van der Waals surface area (Å²) in [6.07, 6.45) is 11.6. The summed E-state index contributed by atoms with van der Waals surface area (Å²) in [6.45, 7) is 24.9. The minimum atomic E-state index is -1.07. The van der Waals surface area contributed by atoms with Gasteiger partial charge in [-0.2, -0.15) is 0 Å². The monoisotopic (exact) mass is 1980 g/mol. The second-order valence-electron chi connectivity index (χ2n) is 30.6.